The van der Waals surface area contributed by atoms with Crippen LogP contribution in [0.5, 0.6) is 0 Å². The van der Waals surface area contributed by atoms with E-state index in [1.807, 2.05) is 19.1 Å². The van der Waals surface area contributed by atoms with Crippen molar-refractivity contribution >= 4 is 5.97 Å². The third-order valence-corrected chi connectivity index (χ3v) is 5.26. The Balaban J connectivity index is 2.17. The van der Waals surface area contributed by atoms with Crippen molar-refractivity contribution in [3.63, 3.8) is 0 Å². The second kappa shape index (κ2) is 7.79. The number of carbonyl (C=O) groups excluding carboxylic acids is 1. The molecule has 2 aliphatic rings. The fourth-order valence-corrected chi connectivity index (χ4v) is 3.51. The van der Waals surface area contributed by atoms with Gasteiger partial charge in [-0.2, -0.15) is 0 Å². The number of hydrogen-bond acceptors (Lipinski definition) is 2. The van der Waals surface area contributed by atoms with Crippen LogP contribution in [0, 0.1) is 0 Å². The molecule has 0 bridgehead atoms. The molecule has 2 nitrogen and oxygen atoms in total. The summed E-state index contributed by atoms with van der Waals surface area (Å²) >= 11 is 0. The zero-order valence-electron chi connectivity index (χ0n) is 17.8. The smallest absolute Gasteiger partial charge is 0.338 e. The van der Waals surface area contributed by atoms with Crippen LogP contribution < -0.4 is 0 Å². The Morgan fingerprint density at radius 2 is 1.54 bits per heavy atom. The summed E-state index contributed by atoms with van der Waals surface area (Å²) in [6.07, 6.45) is 0. The highest BCUT2D eigenvalue weighted by atomic mass is 16.5. The molecular formula is C26H30O2. The van der Waals surface area contributed by atoms with Crippen molar-refractivity contribution in [2.24, 2.45) is 0 Å². The first-order valence-corrected chi connectivity index (χ1v) is 10.1. The normalized spacial score (nSPS) is 11.8. The minimum absolute atomic E-state index is 0.122. The van der Waals surface area contributed by atoms with Crippen LogP contribution in [0.25, 0.3) is 22.3 Å². The van der Waals surface area contributed by atoms with E-state index in [1.54, 1.807) is 0 Å². The molecule has 0 fully saturated rings. The molecule has 0 unspecified atom stereocenters. The van der Waals surface area contributed by atoms with Crippen molar-refractivity contribution in [3.05, 3.63) is 71.3 Å². The van der Waals surface area contributed by atoms with Gasteiger partial charge >= 0.3 is 5.97 Å². The highest BCUT2D eigenvalue weighted by Crippen LogP contribution is 2.39. The molecule has 0 atom stereocenters. The molecule has 0 N–H and O–H groups in total. The summed E-state index contributed by atoms with van der Waals surface area (Å²) in [4.78, 5) is 12.5. The lowest BCUT2D eigenvalue weighted by atomic mass is 9.86. The molecule has 0 heterocycles. The fourth-order valence-electron chi connectivity index (χ4n) is 3.51. The second-order valence-electron chi connectivity index (χ2n) is 8.67. The van der Waals surface area contributed by atoms with Gasteiger partial charge < -0.3 is 4.74 Å². The lowest BCUT2D eigenvalue weighted by molar-refractivity contribution is 0.0527. The quantitative estimate of drug-likeness (QED) is 0.457. The van der Waals surface area contributed by atoms with Crippen LogP contribution in [0.1, 0.15) is 68.9 Å². The number of benzene rings is 1. The minimum atomic E-state index is -0.257. The van der Waals surface area contributed by atoms with E-state index in [0.29, 0.717) is 18.1 Å². The number of rotatable bonds is 4. The first kappa shape index (κ1) is 20.1. The van der Waals surface area contributed by atoms with Gasteiger partial charge in [-0.3, -0.25) is 0 Å². The molecule has 0 aromatic heterocycles. The van der Waals surface area contributed by atoms with E-state index in [-0.39, 0.29) is 11.4 Å². The molecule has 28 heavy (non-hydrogen) atoms. The third-order valence-electron chi connectivity index (χ3n) is 5.26. The Hall–Kier alpha value is -2.61. The van der Waals surface area contributed by atoms with Gasteiger partial charge in [-0.1, -0.05) is 83.1 Å². The standard InChI is InChI=1S/C26H30O2/c1-7-28-25(27)23-15-14-22-21(13-10-19(17(2)3)16-24(22)23)18-8-11-20(12-9-18)26(4,5)6/h8-17H,7H2,1-6H3. The number of ether oxygens (including phenoxy) is 1. The maximum absolute atomic E-state index is 12.5. The third kappa shape index (κ3) is 3.96. The van der Waals surface area contributed by atoms with Gasteiger partial charge in [-0.15, -0.1) is 0 Å². The summed E-state index contributed by atoms with van der Waals surface area (Å²) in [6, 6.07) is 19.2. The molecular weight excluding hydrogens is 344 g/mol. The van der Waals surface area contributed by atoms with Crippen LogP contribution in [0.2, 0.25) is 0 Å². The molecule has 0 radical (unpaired) electrons. The predicted octanol–water partition coefficient (Wildman–Crippen LogP) is 7.06. The minimum Gasteiger partial charge on any atom is -0.462 e. The van der Waals surface area contributed by atoms with E-state index in [1.165, 1.54) is 11.1 Å². The van der Waals surface area contributed by atoms with Crippen LogP contribution >= 0.6 is 0 Å². The van der Waals surface area contributed by atoms with E-state index in [4.69, 9.17) is 4.74 Å². The molecule has 0 aliphatic heterocycles. The molecule has 2 aliphatic carbocycles. The number of esters is 1. The van der Waals surface area contributed by atoms with Crippen molar-refractivity contribution in [3.8, 4) is 22.3 Å². The number of hydrogen-bond donors (Lipinski definition) is 0. The zero-order valence-corrected chi connectivity index (χ0v) is 17.8. The van der Waals surface area contributed by atoms with Gasteiger partial charge in [0.1, 0.15) is 0 Å². The molecule has 0 saturated heterocycles. The summed E-state index contributed by atoms with van der Waals surface area (Å²) in [5.74, 6) is 0.115. The number of fused-ring (bicyclic) bond motifs is 1. The van der Waals surface area contributed by atoms with Crippen LogP contribution in [0.3, 0.4) is 0 Å². The van der Waals surface area contributed by atoms with E-state index in [9.17, 15) is 4.79 Å². The van der Waals surface area contributed by atoms with Gasteiger partial charge in [-0.05, 0) is 57.7 Å². The summed E-state index contributed by atoms with van der Waals surface area (Å²) in [5.41, 5.74) is 7.62. The van der Waals surface area contributed by atoms with Gasteiger partial charge in [0, 0.05) is 0 Å². The summed E-state index contributed by atoms with van der Waals surface area (Å²) in [7, 11) is 0. The molecule has 2 heteroatoms. The monoisotopic (exact) mass is 374 g/mol. The lowest BCUT2D eigenvalue weighted by Crippen LogP contribution is -2.10. The first-order valence-electron chi connectivity index (χ1n) is 10.1. The highest BCUT2D eigenvalue weighted by Gasteiger charge is 2.21. The Kier molecular flexibility index (Phi) is 5.60. The molecule has 0 saturated carbocycles. The fraction of sp³-hybridized carbons (Fsp3) is 0.346. The number of carbonyl (C=O) groups is 1. The van der Waals surface area contributed by atoms with Crippen molar-refractivity contribution in [1.29, 1.82) is 0 Å². The first-order chi connectivity index (χ1) is 13.2. The molecule has 1 aromatic rings. The van der Waals surface area contributed by atoms with E-state index in [2.05, 4.69) is 77.1 Å². The van der Waals surface area contributed by atoms with Crippen LogP contribution in [0.15, 0.2) is 54.6 Å². The average molecular weight is 375 g/mol. The predicted molar refractivity (Wildman–Crippen MR) is 117 cm³/mol. The van der Waals surface area contributed by atoms with Crippen molar-refractivity contribution in [2.75, 3.05) is 6.61 Å². The van der Waals surface area contributed by atoms with Gasteiger partial charge in [0.05, 0.1) is 12.2 Å². The molecule has 1 aromatic carbocycles. The maximum atomic E-state index is 12.5. The molecule has 146 valence electrons. The zero-order chi connectivity index (χ0) is 20.5. The summed E-state index contributed by atoms with van der Waals surface area (Å²) in [6.45, 7) is 13.2. The van der Waals surface area contributed by atoms with E-state index >= 15 is 0 Å². The van der Waals surface area contributed by atoms with E-state index in [0.717, 1.165) is 22.3 Å². The molecule has 3 rings (SSSR count). The Bertz CT molecular complexity index is 943. The lowest BCUT2D eigenvalue weighted by Gasteiger charge is -2.19. The van der Waals surface area contributed by atoms with Gasteiger partial charge in [-0.25, -0.2) is 4.79 Å². The van der Waals surface area contributed by atoms with Gasteiger partial charge in [0.2, 0.25) is 0 Å². The topological polar surface area (TPSA) is 26.3 Å². The summed E-state index contributed by atoms with van der Waals surface area (Å²) in [5, 5.41) is 0. The van der Waals surface area contributed by atoms with Crippen LogP contribution in [-0.2, 0) is 10.2 Å². The Labute approximate surface area is 168 Å². The van der Waals surface area contributed by atoms with Crippen molar-refractivity contribution < 1.29 is 9.53 Å². The van der Waals surface area contributed by atoms with Gasteiger partial charge in [0.25, 0.3) is 0 Å². The molecule has 0 amide bonds. The van der Waals surface area contributed by atoms with Crippen LogP contribution in [0.4, 0.5) is 0 Å². The van der Waals surface area contributed by atoms with Gasteiger partial charge in [0.15, 0.2) is 0 Å². The van der Waals surface area contributed by atoms with Crippen LogP contribution in [-0.4, -0.2) is 12.6 Å². The highest BCUT2D eigenvalue weighted by molar-refractivity contribution is 6.02. The second-order valence-corrected chi connectivity index (χ2v) is 8.67. The Morgan fingerprint density at radius 1 is 0.893 bits per heavy atom. The largest absolute Gasteiger partial charge is 0.462 e. The average Bonchev–Trinajstić information content (AvgIpc) is 2.94. The molecule has 0 spiro atoms. The SMILES string of the molecule is CCOC(=O)c1ccc2c(-c3ccc(C(C)(C)C)cc3)ccc(C(C)C)cc1-2. The van der Waals surface area contributed by atoms with Crippen molar-refractivity contribution in [1.82, 2.24) is 0 Å². The maximum Gasteiger partial charge on any atom is 0.338 e. The van der Waals surface area contributed by atoms with Crippen molar-refractivity contribution in [2.45, 2.75) is 52.9 Å². The Morgan fingerprint density at radius 3 is 2.11 bits per heavy atom. The van der Waals surface area contributed by atoms with E-state index < -0.39 is 0 Å². The summed E-state index contributed by atoms with van der Waals surface area (Å²) < 4.78 is 5.29.